The molecule has 1 saturated carbocycles. The zero-order valence-corrected chi connectivity index (χ0v) is 11.3. The van der Waals surface area contributed by atoms with Crippen LogP contribution in [0.15, 0.2) is 22.7 Å². The highest BCUT2D eigenvalue weighted by molar-refractivity contribution is 9.10. The Morgan fingerprint density at radius 3 is 2.81 bits per heavy atom. The van der Waals surface area contributed by atoms with Crippen molar-refractivity contribution in [2.75, 3.05) is 0 Å². The van der Waals surface area contributed by atoms with Crippen molar-refractivity contribution in [2.45, 2.75) is 38.6 Å². The molecule has 0 aliphatic heterocycles. The van der Waals surface area contributed by atoms with Crippen LogP contribution in [0, 0.1) is 12.8 Å². The summed E-state index contributed by atoms with van der Waals surface area (Å²) < 4.78 is 1.19. The largest absolute Gasteiger partial charge is 0.271 e. The molecule has 0 radical (unpaired) electrons. The van der Waals surface area contributed by atoms with Crippen LogP contribution in [0.4, 0.5) is 0 Å². The van der Waals surface area contributed by atoms with Gasteiger partial charge in [-0.2, -0.15) is 0 Å². The lowest BCUT2D eigenvalue weighted by molar-refractivity contribution is 0.261. The fourth-order valence-electron chi connectivity index (χ4n) is 2.29. The van der Waals surface area contributed by atoms with E-state index in [1.807, 2.05) is 0 Å². The first-order valence-corrected chi connectivity index (χ1v) is 6.73. The number of hydrogen-bond acceptors (Lipinski definition) is 2. The van der Waals surface area contributed by atoms with E-state index in [1.165, 1.54) is 34.9 Å². The SMILES string of the molecule is Cc1cccc(C(CC2CCC2)NN)c1Br. The Bertz CT molecular complexity index is 361. The molecule has 1 atom stereocenters. The number of hydrogen-bond donors (Lipinski definition) is 2. The second kappa shape index (κ2) is 5.30. The summed E-state index contributed by atoms with van der Waals surface area (Å²) in [5.74, 6) is 6.54. The summed E-state index contributed by atoms with van der Waals surface area (Å²) in [5.41, 5.74) is 5.51. The van der Waals surface area contributed by atoms with E-state index in [1.54, 1.807) is 0 Å². The van der Waals surface area contributed by atoms with E-state index in [9.17, 15) is 0 Å². The highest BCUT2D eigenvalue weighted by Gasteiger charge is 2.23. The number of nitrogens with two attached hydrogens (primary N) is 1. The van der Waals surface area contributed by atoms with E-state index in [0.29, 0.717) is 0 Å². The Hall–Kier alpha value is -0.380. The van der Waals surface area contributed by atoms with Crippen molar-refractivity contribution in [2.24, 2.45) is 11.8 Å². The van der Waals surface area contributed by atoms with E-state index in [4.69, 9.17) is 5.84 Å². The summed E-state index contributed by atoms with van der Waals surface area (Å²) in [7, 11) is 0. The highest BCUT2D eigenvalue weighted by Crippen LogP contribution is 2.36. The Morgan fingerprint density at radius 2 is 2.25 bits per heavy atom. The van der Waals surface area contributed by atoms with Gasteiger partial charge in [-0.1, -0.05) is 53.4 Å². The molecule has 1 aliphatic carbocycles. The summed E-state index contributed by atoms with van der Waals surface area (Å²) in [6.07, 6.45) is 5.26. The van der Waals surface area contributed by atoms with Crippen molar-refractivity contribution < 1.29 is 0 Å². The number of hydrazine groups is 1. The highest BCUT2D eigenvalue weighted by atomic mass is 79.9. The molecule has 0 spiro atoms. The first-order valence-electron chi connectivity index (χ1n) is 5.93. The smallest absolute Gasteiger partial charge is 0.0473 e. The van der Waals surface area contributed by atoms with Crippen molar-refractivity contribution in [3.8, 4) is 0 Å². The van der Waals surface area contributed by atoms with Crippen LogP contribution in [0.5, 0.6) is 0 Å². The van der Waals surface area contributed by atoms with Crippen molar-refractivity contribution >= 4 is 15.9 Å². The van der Waals surface area contributed by atoms with Crippen LogP contribution in [-0.4, -0.2) is 0 Å². The molecule has 16 heavy (non-hydrogen) atoms. The van der Waals surface area contributed by atoms with Crippen LogP contribution < -0.4 is 11.3 Å². The van der Waals surface area contributed by atoms with Gasteiger partial charge in [-0.05, 0) is 30.4 Å². The van der Waals surface area contributed by atoms with Gasteiger partial charge in [-0.3, -0.25) is 11.3 Å². The van der Waals surface area contributed by atoms with Crippen LogP contribution >= 0.6 is 15.9 Å². The van der Waals surface area contributed by atoms with Gasteiger partial charge in [-0.15, -0.1) is 0 Å². The summed E-state index contributed by atoms with van der Waals surface area (Å²) in [6, 6.07) is 6.64. The topological polar surface area (TPSA) is 38.0 Å². The first kappa shape index (κ1) is 12.1. The molecular weight excluding hydrogens is 264 g/mol. The lowest BCUT2D eigenvalue weighted by Gasteiger charge is -2.30. The fourth-order valence-corrected chi connectivity index (χ4v) is 2.83. The Labute approximate surface area is 106 Å². The second-order valence-electron chi connectivity index (χ2n) is 4.73. The molecule has 1 aromatic carbocycles. The van der Waals surface area contributed by atoms with Gasteiger partial charge < -0.3 is 0 Å². The number of halogens is 1. The molecule has 2 rings (SSSR count). The van der Waals surface area contributed by atoms with Crippen LogP contribution in [0.2, 0.25) is 0 Å². The third-order valence-corrected chi connectivity index (χ3v) is 4.68. The Kier molecular flexibility index (Phi) is 4.00. The number of aryl methyl sites for hydroxylation is 1. The molecule has 88 valence electrons. The van der Waals surface area contributed by atoms with Crippen LogP contribution in [0.1, 0.15) is 42.9 Å². The van der Waals surface area contributed by atoms with Gasteiger partial charge in [0.1, 0.15) is 0 Å². The van der Waals surface area contributed by atoms with E-state index in [2.05, 4.69) is 46.5 Å². The van der Waals surface area contributed by atoms with E-state index >= 15 is 0 Å². The third kappa shape index (κ3) is 2.47. The van der Waals surface area contributed by atoms with Crippen LogP contribution in [0.25, 0.3) is 0 Å². The lowest BCUT2D eigenvalue weighted by Crippen LogP contribution is -2.31. The molecule has 1 aromatic rings. The first-order chi connectivity index (χ1) is 7.72. The monoisotopic (exact) mass is 282 g/mol. The molecule has 0 bridgehead atoms. The maximum absolute atomic E-state index is 5.68. The molecule has 0 heterocycles. The zero-order valence-electron chi connectivity index (χ0n) is 9.67. The maximum atomic E-state index is 5.68. The van der Waals surface area contributed by atoms with Gasteiger partial charge in [-0.25, -0.2) is 0 Å². The fraction of sp³-hybridized carbons (Fsp3) is 0.538. The predicted octanol–water partition coefficient (Wildman–Crippen LogP) is 3.45. The minimum Gasteiger partial charge on any atom is -0.271 e. The third-order valence-electron chi connectivity index (χ3n) is 3.59. The standard InChI is InChI=1S/C13H19BrN2/c1-9-4-2-7-11(13(9)14)12(16-15)8-10-5-3-6-10/h2,4,7,10,12,16H,3,5-6,8,15H2,1H3. The van der Waals surface area contributed by atoms with Gasteiger partial charge in [0.2, 0.25) is 0 Å². The van der Waals surface area contributed by atoms with Crippen molar-refractivity contribution in [3.05, 3.63) is 33.8 Å². The molecule has 2 nitrogen and oxygen atoms in total. The van der Waals surface area contributed by atoms with Crippen molar-refractivity contribution in [1.29, 1.82) is 0 Å². The molecule has 0 amide bonds. The molecule has 1 unspecified atom stereocenters. The molecule has 3 heteroatoms. The number of rotatable bonds is 4. The van der Waals surface area contributed by atoms with Gasteiger partial charge >= 0.3 is 0 Å². The summed E-state index contributed by atoms with van der Waals surface area (Å²) >= 11 is 3.66. The Morgan fingerprint density at radius 1 is 1.50 bits per heavy atom. The number of benzene rings is 1. The molecule has 0 saturated heterocycles. The zero-order chi connectivity index (χ0) is 11.5. The maximum Gasteiger partial charge on any atom is 0.0473 e. The lowest BCUT2D eigenvalue weighted by atomic mass is 9.79. The van der Waals surface area contributed by atoms with Crippen molar-refractivity contribution in [3.63, 3.8) is 0 Å². The van der Waals surface area contributed by atoms with Crippen molar-refractivity contribution in [1.82, 2.24) is 5.43 Å². The van der Waals surface area contributed by atoms with Crippen LogP contribution in [-0.2, 0) is 0 Å². The van der Waals surface area contributed by atoms with Gasteiger partial charge in [0.15, 0.2) is 0 Å². The summed E-state index contributed by atoms with van der Waals surface area (Å²) in [5, 5.41) is 0. The van der Waals surface area contributed by atoms with E-state index in [0.717, 1.165) is 12.3 Å². The van der Waals surface area contributed by atoms with Gasteiger partial charge in [0.25, 0.3) is 0 Å². The minimum absolute atomic E-state index is 0.277. The van der Waals surface area contributed by atoms with E-state index in [-0.39, 0.29) is 6.04 Å². The van der Waals surface area contributed by atoms with Crippen LogP contribution in [0.3, 0.4) is 0 Å². The normalized spacial score (nSPS) is 18.2. The molecule has 1 fully saturated rings. The second-order valence-corrected chi connectivity index (χ2v) is 5.52. The van der Waals surface area contributed by atoms with Gasteiger partial charge in [0.05, 0.1) is 0 Å². The molecule has 3 N–H and O–H groups in total. The van der Waals surface area contributed by atoms with Gasteiger partial charge in [0, 0.05) is 10.5 Å². The molecule has 1 aliphatic rings. The Balaban J connectivity index is 2.15. The predicted molar refractivity (Wildman–Crippen MR) is 70.9 cm³/mol. The quantitative estimate of drug-likeness (QED) is 0.656. The average Bonchev–Trinajstić information content (AvgIpc) is 2.22. The summed E-state index contributed by atoms with van der Waals surface area (Å²) in [4.78, 5) is 0. The average molecular weight is 283 g/mol. The van der Waals surface area contributed by atoms with E-state index < -0.39 is 0 Å². The summed E-state index contributed by atoms with van der Waals surface area (Å²) in [6.45, 7) is 2.12. The molecule has 0 aromatic heterocycles. The molecular formula is C13H19BrN2. The minimum atomic E-state index is 0.277. The number of nitrogens with one attached hydrogen (secondary N) is 1.